The topological polar surface area (TPSA) is 74.0 Å². The number of aromatic hydroxyl groups is 1. The lowest BCUT2D eigenvalue weighted by Crippen LogP contribution is -2.25. The van der Waals surface area contributed by atoms with Crippen molar-refractivity contribution in [3.8, 4) is 5.75 Å². The molecule has 0 spiro atoms. The average Bonchev–Trinajstić information content (AvgIpc) is 2.85. The molecule has 104 valence electrons. The predicted octanol–water partition coefficient (Wildman–Crippen LogP) is 3.45. The molecule has 0 radical (unpaired) electrons. The fraction of sp³-hybridized carbons (Fsp3) is 0.214. The number of amides is 1. The van der Waals surface area contributed by atoms with Crippen LogP contribution >= 0.6 is 11.3 Å². The third-order valence-electron chi connectivity index (χ3n) is 2.77. The van der Waals surface area contributed by atoms with E-state index in [4.69, 9.17) is 0 Å². The van der Waals surface area contributed by atoms with Crippen LogP contribution in [0.5, 0.6) is 5.75 Å². The first-order chi connectivity index (χ1) is 9.66. The van der Waals surface area contributed by atoms with Crippen molar-refractivity contribution in [1.29, 1.82) is 0 Å². The van der Waals surface area contributed by atoms with Crippen LogP contribution in [0.25, 0.3) is 0 Å². The zero-order chi connectivity index (χ0) is 14.4. The Labute approximate surface area is 121 Å². The third-order valence-corrected chi connectivity index (χ3v) is 3.49. The van der Waals surface area contributed by atoms with Gasteiger partial charge in [0.05, 0.1) is 0 Å². The Morgan fingerprint density at radius 1 is 1.35 bits per heavy atom. The Morgan fingerprint density at radius 3 is 2.75 bits per heavy atom. The molecule has 2 aromatic rings. The van der Waals surface area contributed by atoms with Crippen molar-refractivity contribution >= 4 is 22.9 Å². The normalized spacial score (nSPS) is 12.4. The van der Waals surface area contributed by atoms with Gasteiger partial charge >= 0.3 is 0 Å². The third kappa shape index (κ3) is 3.89. The van der Waals surface area contributed by atoms with Gasteiger partial charge in [-0.1, -0.05) is 42.5 Å². The van der Waals surface area contributed by atoms with Gasteiger partial charge in [-0.2, -0.15) is 0 Å². The molecule has 20 heavy (non-hydrogen) atoms. The minimum absolute atomic E-state index is 0.0605. The molecule has 1 unspecified atom stereocenters. The van der Waals surface area contributed by atoms with Gasteiger partial charge in [0.1, 0.15) is 5.69 Å². The number of hydrogen-bond acceptors (Lipinski definition) is 5. The van der Waals surface area contributed by atoms with Crippen LogP contribution in [0, 0.1) is 5.92 Å². The highest BCUT2D eigenvalue weighted by Crippen LogP contribution is 2.30. The first kappa shape index (κ1) is 14.2. The summed E-state index contributed by atoms with van der Waals surface area (Å²) in [6, 6.07) is 9.79. The second kappa shape index (κ2) is 6.81. The van der Waals surface area contributed by atoms with Gasteiger partial charge in [0, 0.05) is 16.7 Å². The number of nitrogens with one attached hydrogen (secondary N) is 1. The van der Waals surface area contributed by atoms with Gasteiger partial charge in [-0.3, -0.25) is 4.79 Å². The minimum Gasteiger partial charge on any atom is -0.505 e. The summed E-state index contributed by atoms with van der Waals surface area (Å²) in [5.74, 6) is -0.343. The van der Waals surface area contributed by atoms with Crippen molar-refractivity contribution in [2.45, 2.75) is 13.3 Å². The molecular formula is C14H15N3O2S. The van der Waals surface area contributed by atoms with E-state index in [1.54, 1.807) is 10.8 Å². The molecule has 0 aliphatic rings. The first-order valence-electron chi connectivity index (χ1n) is 6.16. The molecule has 0 saturated carbocycles. The number of benzene rings is 1. The molecule has 0 saturated heterocycles. The summed E-state index contributed by atoms with van der Waals surface area (Å²) >= 11 is 1.32. The zero-order valence-electron chi connectivity index (χ0n) is 11.0. The lowest BCUT2D eigenvalue weighted by Gasteiger charge is -2.08. The van der Waals surface area contributed by atoms with E-state index in [0.29, 0.717) is 12.1 Å². The van der Waals surface area contributed by atoms with Crippen LogP contribution in [-0.4, -0.2) is 11.0 Å². The standard InChI is InChI=1S/C14H15N3O2S/c1-10(7-11-5-3-2-4-6-11)14(19)16-17-15-12-8-20-9-13(12)18/h2-6,8-10,18H,7H2,1H3,(H,15,16,19). The Bertz CT molecular complexity index is 595. The fourth-order valence-electron chi connectivity index (χ4n) is 1.66. The second-order valence-corrected chi connectivity index (χ2v) is 5.15. The number of nitrogens with zero attached hydrogens (tertiary/aromatic N) is 2. The summed E-state index contributed by atoms with van der Waals surface area (Å²) in [4.78, 5) is 11.8. The summed E-state index contributed by atoms with van der Waals surface area (Å²) in [5, 5.41) is 19.9. The quantitative estimate of drug-likeness (QED) is 0.653. The molecule has 1 aromatic carbocycles. The summed E-state index contributed by atoms with van der Waals surface area (Å²) in [7, 11) is 0. The van der Waals surface area contributed by atoms with Crippen LogP contribution in [0.4, 0.5) is 5.69 Å². The van der Waals surface area contributed by atoms with Crippen LogP contribution in [-0.2, 0) is 11.2 Å². The number of carbonyl (C=O) groups is 1. The second-order valence-electron chi connectivity index (χ2n) is 4.41. The van der Waals surface area contributed by atoms with E-state index in [1.807, 2.05) is 37.3 Å². The smallest absolute Gasteiger partial charge is 0.244 e. The molecule has 0 aliphatic heterocycles. The van der Waals surface area contributed by atoms with Gasteiger partial charge in [-0.25, -0.2) is 5.43 Å². The molecule has 1 amide bonds. The molecule has 6 heteroatoms. The molecule has 0 bridgehead atoms. The zero-order valence-corrected chi connectivity index (χ0v) is 11.8. The predicted molar refractivity (Wildman–Crippen MR) is 78.0 cm³/mol. The van der Waals surface area contributed by atoms with E-state index >= 15 is 0 Å². The van der Waals surface area contributed by atoms with Gasteiger partial charge in [-0.15, -0.1) is 16.5 Å². The SMILES string of the molecule is CC(Cc1ccccc1)C(=O)NN=Nc1cscc1O. The Morgan fingerprint density at radius 2 is 2.10 bits per heavy atom. The molecule has 1 atom stereocenters. The first-order valence-corrected chi connectivity index (χ1v) is 7.11. The van der Waals surface area contributed by atoms with Crippen LogP contribution in [0.2, 0.25) is 0 Å². The largest absolute Gasteiger partial charge is 0.505 e. The van der Waals surface area contributed by atoms with Crippen molar-refractivity contribution in [2.24, 2.45) is 16.3 Å². The van der Waals surface area contributed by atoms with Crippen LogP contribution in [0.3, 0.4) is 0 Å². The highest BCUT2D eigenvalue weighted by Gasteiger charge is 2.12. The summed E-state index contributed by atoms with van der Waals surface area (Å²) in [6.45, 7) is 1.83. The van der Waals surface area contributed by atoms with Crippen LogP contribution in [0.1, 0.15) is 12.5 Å². The summed E-state index contributed by atoms with van der Waals surface area (Å²) < 4.78 is 0. The number of carbonyl (C=O) groups excluding carboxylic acids is 1. The molecule has 0 fully saturated rings. The monoisotopic (exact) mass is 289 g/mol. The molecule has 1 aromatic heterocycles. The average molecular weight is 289 g/mol. The number of rotatable bonds is 5. The maximum atomic E-state index is 11.8. The highest BCUT2D eigenvalue weighted by atomic mass is 32.1. The van der Waals surface area contributed by atoms with Crippen molar-refractivity contribution in [3.63, 3.8) is 0 Å². The molecule has 2 N–H and O–H groups in total. The molecule has 0 aliphatic carbocycles. The molecule has 1 heterocycles. The van der Waals surface area contributed by atoms with E-state index < -0.39 is 0 Å². The van der Waals surface area contributed by atoms with Gasteiger partial charge in [0.25, 0.3) is 0 Å². The Kier molecular flexibility index (Phi) is 4.84. The van der Waals surface area contributed by atoms with Crippen LogP contribution in [0.15, 0.2) is 51.4 Å². The molecule has 2 rings (SSSR count). The van der Waals surface area contributed by atoms with Gasteiger partial charge in [0.2, 0.25) is 5.91 Å². The fourth-order valence-corrected chi connectivity index (χ4v) is 2.27. The Hall–Kier alpha value is -2.21. The van der Waals surface area contributed by atoms with Gasteiger partial charge < -0.3 is 5.11 Å². The van der Waals surface area contributed by atoms with E-state index in [9.17, 15) is 9.90 Å². The maximum absolute atomic E-state index is 11.8. The van der Waals surface area contributed by atoms with E-state index in [2.05, 4.69) is 15.8 Å². The number of thiophene rings is 1. The maximum Gasteiger partial charge on any atom is 0.244 e. The lowest BCUT2D eigenvalue weighted by molar-refractivity contribution is -0.124. The summed E-state index contributed by atoms with van der Waals surface area (Å²) in [5.41, 5.74) is 3.83. The van der Waals surface area contributed by atoms with Crippen molar-refractivity contribution in [1.82, 2.24) is 5.43 Å². The van der Waals surface area contributed by atoms with Gasteiger partial charge in [-0.05, 0) is 12.0 Å². The van der Waals surface area contributed by atoms with E-state index in [1.165, 1.54) is 11.3 Å². The lowest BCUT2D eigenvalue weighted by atomic mass is 10.0. The van der Waals surface area contributed by atoms with Gasteiger partial charge in [0.15, 0.2) is 5.75 Å². The van der Waals surface area contributed by atoms with Crippen LogP contribution < -0.4 is 5.43 Å². The Balaban J connectivity index is 1.85. The molecular weight excluding hydrogens is 274 g/mol. The van der Waals surface area contributed by atoms with Crippen molar-refractivity contribution < 1.29 is 9.90 Å². The summed E-state index contributed by atoms with van der Waals surface area (Å²) in [6.07, 6.45) is 0.645. The van der Waals surface area contributed by atoms with E-state index in [-0.39, 0.29) is 17.6 Å². The number of hydrogen-bond donors (Lipinski definition) is 2. The van der Waals surface area contributed by atoms with E-state index in [0.717, 1.165) is 5.56 Å². The minimum atomic E-state index is -0.202. The molecule has 5 nitrogen and oxygen atoms in total. The highest BCUT2D eigenvalue weighted by molar-refractivity contribution is 7.08. The van der Waals surface area contributed by atoms with Crippen molar-refractivity contribution in [2.75, 3.05) is 0 Å². The van der Waals surface area contributed by atoms with Crippen molar-refractivity contribution in [3.05, 3.63) is 46.7 Å².